The summed E-state index contributed by atoms with van der Waals surface area (Å²) in [5.74, 6) is -0.283. The molecule has 0 radical (unpaired) electrons. The average molecular weight is 312 g/mol. The molecule has 0 aliphatic carbocycles. The van der Waals surface area contributed by atoms with Crippen LogP contribution in [0.1, 0.15) is 33.5 Å². The Balaban J connectivity index is 1.85. The molecular weight excluding hydrogens is 292 g/mol. The molecule has 0 saturated heterocycles. The highest BCUT2D eigenvalue weighted by Crippen LogP contribution is 2.14. The average Bonchev–Trinajstić information content (AvgIpc) is 2.53. The van der Waals surface area contributed by atoms with Gasteiger partial charge in [-0.25, -0.2) is 0 Å². The fourth-order valence-corrected chi connectivity index (χ4v) is 2.47. The highest BCUT2D eigenvalue weighted by Gasteiger charge is 2.10. The first kappa shape index (κ1) is 16.7. The topological polar surface area (TPSA) is 72.2 Å². The van der Waals surface area contributed by atoms with Gasteiger partial charge in [-0.1, -0.05) is 29.8 Å². The molecule has 0 atom stereocenters. The normalized spacial score (nSPS) is 10.3. The lowest BCUT2D eigenvalue weighted by Gasteiger charge is -2.08. The second-order valence-corrected chi connectivity index (χ2v) is 5.60. The zero-order valence-electron chi connectivity index (χ0n) is 13.3. The van der Waals surface area contributed by atoms with Gasteiger partial charge in [0.05, 0.1) is 4.92 Å². The van der Waals surface area contributed by atoms with Crippen LogP contribution in [-0.4, -0.2) is 17.4 Å². The van der Waals surface area contributed by atoms with Crippen molar-refractivity contribution >= 4 is 11.6 Å². The van der Waals surface area contributed by atoms with Crippen LogP contribution in [0.2, 0.25) is 0 Å². The number of carbonyl (C=O) groups excluding carboxylic acids is 1. The number of amides is 1. The first-order valence-electron chi connectivity index (χ1n) is 7.56. The molecule has 1 N–H and O–H groups in total. The van der Waals surface area contributed by atoms with Gasteiger partial charge in [-0.2, -0.15) is 0 Å². The highest BCUT2D eigenvalue weighted by atomic mass is 16.6. The van der Waals surface area contributed by atoms with Gasteiger partial charge in [-0.15, -0.1) is 0 Å². The maximum atomic E-state index is 12.0. The minimum atomic E-state index is -0.503. The number of non-ortho nitro benzene ring substituents is 1. The Morgan fingerprint density at radius 2 is 1.96 bits per heavy atom. The molecule has 0 unspecified atom stereocenters. The number of hydrogen-bond acceptors (Lipinski definition) is 3. The first-order chi connectivity index (χ1) is 11.0. The third kappa shape index (κ3) is 4.64. The SMILES string of the molecule is Cc1ccc(CCCNC(=O)c2cccc([N+](=O)[O-])c2)c(C)c1. The summed E-state index contributed by atoms with van der Waals surface area (Å²) >= 11 is 0. The monoisotopic (exact) mass is 312 g/mol. The Hall–Kier alpha value is -2.69. The maximum Gasteiger partial charge on any atom is 0.270 e. The number of carbonyl (C=O) groups is 1. The zero-order valence-corrected chi connectivity index (χ0v) is 13.3. The molecule has 1 amide bonds. The van der Waals surface area contributed by atoms with Gasteiger partial charge in [0.2, 0.25) is 0 Å². The molecule has 5 nitrogen and oxygen atoms in total. The second-order valence-electron chi connectivity index (χ2n) is 5.60. The zero-order chi connectivity index (χ0) is 16.8. The number of nitrogens with zero attached hydrogens (tertiary/aromatic N) is 1. The molecule has 0 saturated carbocycles. The molecule has 2 aromatic rings. The van der Waals surface area contributed by atoms with Crippen molar-refractivity contribution in [2.75, 3.05) is 6.54 Å². The van der Waals surface area contributed by atoms with Gasteiger partial charge in [0.1, 0.15) is 0 Å². The number of nitro benzene ring substituents is 1. The number of nitrogens with one attached hydrogen (secondary N) is 1. The number of rotatable bonds is 6. The van der Waals surface area contributed by atoms with Gasteiger partial charge in [-0.05, 0) is 43.9 Å². The van der Waals surface area contributed by atoms with E-state index >= 15 is 0 Å². The van der Waals surface area contributed by atoms with Crippen LogP contribution in [0.25, 0.3) is 0 Å². The van der Waals surface area contributed by atoms with Crippen LogP contribution < -0.4 is 5.32 Å². The lowest BCUT2D eigenvalue weighted by molar-refractivity contribution is -0.384. The third-order valence-electron chi connectivity index (χ3n) is 3.73. The van der Waals surface area contributed by atoms with Crippen molar-refractivity contribution in [3.05, 3.63) is 74.8 Å². The van der Waals surface area contributed by atoms with E-state index < -0.39 is 4.92 Å². The summed E-state index contributed by atoms with van der Waals surface area (Å²) in [6.07, 6.45) is 1.71. The number of nitro groups is 1. The van der Waals surface area contributed by atoms with Crippen LogP contribution in [0.3, 0.4) is 0 Å². The number of aryl methyl sites for hydroxylation is 3. The summed E-state index contributed by atoms with van der Waals surface area (Å²) in [7, 11) is 0. The summed E-state index contributed by atoms with van der Waals surface area (Å²) in [6, 6.07) is 12.1. The van der Waals surface area contributed by atoms with Gasteiger partial charge >= 0.3 is 0 Å². The Labute approximate surface area is 135 Å². The molecule has 0 spiro atoms. The largest absolute Gasteiger partial charge is 0.352 e. The van der Waals surface area contributed by atoms with Crippen LogP contribution in [-0.2, 0) is 6.42 Å². The van der Waals surface area contributed by atoms with Crippen molar-refractivity contribution in [1.82, 2.24) is 5.32 Å². The minimum Gasteiger partial charge on any atom is -0.352 e. The fraction of sp³-hybridized carbons (Fsp3) is 0.278. The summed E-state index contributed by atoms with van der Waals surface area (Å²) in [4.78, 5) is 22.2. The van der Waals surface area contributed by atoms with Gasteiger partial charge in [0, 0.05) is 24.2 Å². The van der Waals surface area contributed by atoms with Crippen molar-refractivity contribution < 1.29 is 9.72 Å². The molecule has 0 aliphatic heterocycles. The van der Waals surface area contributed by atoms with Crippen molar-refractivity contribution in [2.24, 2.45) is 0 Å². The Bertz CT molecular complexity index is 726. The number of benzene rings is 2. The van der Waals surface area contributed by atoms with E-state index in [-0.39, 0.29) is 11.6 Å². The molecule has 23 heavy (non-hydrogen) atoms. The van der Waals surface area contributed by atoms with E-state index in [1.54, 1.807) is 6.07 Å². The van der Waals surface area contributed by atoms with E-state index in [2.05, 4.69) is 37.4 Å². The lowest BCUT2D eigenvalue weighted by Crippen LogP contribution is -2.24. The standard InChI is InChI=1S/C18H20N2O3/c1-13-8-9-15(14(2)11-13)6-4-10-19-18(21)16-5-3-7-17(12-16)20(22)23/h3,5,7-9,11-12H,4,6,10H2,1-2H3,(H,19,21). The quantitative estimate of drug-likeness (QED) is 0.503. The van der Waals surface area contributed by atoms with E-state index in [0.29, 0.717) is 12.1 Å². The lowest BCUT2D eigenvalue weighted by atomic mass is 10.0. The van der Waals surface area contributed by atoms with E-state index in [0.717, 1.165) is 12.8 Å². The smallest absolute Gasteiger partial charge is 0.270 e. The van der Waals surface area contributed by atoms with Gasteiger partial charge in [0.25, 0.3) is 11.6 Å². The highest BCUT2D eigenvalue weighted by molar-refractivity contribution is 5.94. The predicted octanol–water partition coefficient (Wildman–Crippen LogP) is 3.57. The van der Waals surface area contributed by atoms with Crippen molar-refractivity contribution in [3.8, 4) is 0 Å². The summed E-state index contributed by atoms with van der Waals surface area (Å²) < 4.78 is 0. The van der Waals surface area contributed by atoms with E-state index in [4.69, 9.17) is 0 Å². The van der Waals surface area contributed by atoms with Crippen LogP contribution >= 0.6 is 0 Å². The maximum absolute atomic E-state index is 12.0. The molecule has 5 heteroatoms. The van der Waals surface area contributed by atoms with Crippen LogP contribution in [0.15, 0.2) is 42.5 Å². The molecule has 0 aromatic heterocycles. The van der Waals surface area contributed by atoms with Gasteiger partial charge < -0.3 is 5.32 Å². The van der Waals surface area contributed by atoms with Gasteiger partial charge in [-0.3, -0.25) is 14.9 Å². The van der Waals surface area contributed by atoms with E-state index in [1.807, 2.05) is 0 Å². The van der Waals surface area contributed by atoms with E-state index in [1.165, 1.54) is 34.9 Å². The third-order valence-corrected chi connectivity index (χ3v) is 3.73. The molecule has 0 bridgehead atoms. The summed E-state index contributed by atoms with van der Waals surface area (Å²) in [5, 5.41) is 13.5. The number of hydrogen-bond donors (Lipinski definition) is 1. The minimum absolute atomic E-state index is 0.0760. The molecular formula is C18H20N2O3. The molecule has 0 aliphatic rings. The molecule has 2 aromatic carbocycles. The Morgan fingerprint density at radius 3 is 2.65 bits per heavy atom. The van der Waals surface area contributed by atoms with Crippen LogP contribution in [0.5, 0.6) is 0 Å². The second kappa shape index (κ2) is 7.54. The Kier molecular flexibility index (Phi) is 5.46. The first-order valence-corrected chi connectivity index (χ1v) is 7.56. The van der Waals surface area contributed by atoms with Crippen molar-refractivity contribution in [2.45, 2.75) is 26.7 Å². The van der Waals surface area contributed by atoms with E-state index in [9.17, 15) is 14.9 Å². The van der Waals surface area contributed by atoms with Gasteiger partial charge in [0.15, 0.2) is 0 Å². The van der Waals surface area contributed by atoms with Crippen LogP contribution in [0, 0.1) is 24.0 Å². The molecule has 0 heterocycles. The summed E-state index contributed by atoms with van der Waals surface area (Å²) in [5.41, 5.74) is 4.01. The van der Waals surface area contributed by atoms with Crippen molar-refractivity contribution in [1.29, 1.82) is 0 Å². The van der Waals surface area contributed by atoms with Crippen LogP contribution in [0.4, 0.5) is 5.69 Å². The molecule has 120 valence electrons. The Morgan fingerprint density at radius 1 is 1.17 bits per heavy atom. The molecule has 0 fully saturated rings. The predicted molar refractivity (Wildman–Crippen MR) is 89.7 cm³/mol. The molecule has 2 rings (SSSR count). The fourth-order valence-electron chi connectivity index (χ4n) is 2.47. The van der Waals surface area contributed by atoms with Crippen molar-refractivity contribution in [3.63, 3.8) is 0 Å². The summed E-state index contributed by atoms with van der Waals surface area (Å²) in [6.45, 7) is 4.69.